The van der Waals surface area contributed by atoms with Gasteiger partial charge in [-0.3, -0.25) is 4.79 Å². The van der Waals surface area contributed by atoms with Crippen molar-refractivity contribution in [1.29, 1.82) is 0 Å². The molecule has 1 N–H and O–H groups in total. The van der Waals surface area contributed by atoms with Crippen molar-refractivity contribution < 1.29 is 14.3 Å². The molecule has 0 heterocycles. The third-order valence-corrected chi connectivity index (χ3v) is 3.81. The molecular weight excluding hydrogens is 373 g/mol. The van der Waals surface area contributed by atoms with Crippen molar-refractivity contribution in [2.24, 2.45) is 0 Å². The maximum Gasteiger partial charge on any atom is 0.248 e. The molecule has 0 saturated heterocycles. The monoisotopic (exact) mass is 385 g/mol. The summed E-state index contributed by atoms with van der Waals surface area (Å²) in [5.74, 6) is 0.573. The van der Waals surface area contributed by atoms with E-state index in [0.717, 1.165) is 0 Å². The van der Waals surface area contributed by atoms with Crippen LogP contribution >= 0.6 is 34.8 Å². The largest absolute Gasteiger partial charge is 0.495 e. The van der Waals surface area contributed by atoms with Crippen molar-refractivity contribution in [3.05, 3.63) is 57.0 Å². The van der Waals surface area contributed by atoms with Gasteiger partial charge in [0.05, 0.1) is 24.9 Å². The second-order valence-electron chi connectivity index (χ2n) is 4.68. The quantitative estimate of drug-likeness (QED) is 0.708. The van der Waals surface area contributed by atoms with Gasteiger partial charge in [-0.05, 0) is 36.4 Å². The molecule has 0 bridgehead atoms. The van der Waals surface area contributed by atoms with Gasteiger partial charge in [0.15, 0.2) is 0 Å². The van der Waals surface area contributed by atoms with E-state index in [2.05, 4.69) is 5.32 Å². The van der Waals surface area contributed by atoms with Crippen molar-refractivity contribution in [2.75, 3.05) is 19.5 Å². The standard InChI is InChI=1S/C17H14Cl3NO3/c1-23-15-5-4-11(18)9-14(15)21-16(22)6-3-10-7-12(19)8-13(20)17(10)24-2/h3-9H,1-2H3,(H,21,22). The number of carbonyl (C=O) groups excluding carboxylic acids is 1. The first-order valence-corrected chi connectivity index (χ1v) is 7.93. The summed E-state index contributed by atoms with van der Waals surface area (Å²) in [5.41, 5.74) is 1.05. The van der Waals surface area contributed by atoms with Gasteiger partial charge in [0.25, 0.3) is 0 Å². The van der Waals surface area contributed by atoms with Crippen molar-refractivity contribution in [2.45, 2.75) is 0 Å². The maximum atomic E-state index is 12.1. The molecular formula is C17H14Cl3NO3. The molecule has 0 aliphatic rings. The predicted octanol–water partition coefficient (Wildman–Crippen LogP) is 5.32. The van der Waals surface area contributed by atoms with Crippen molar-refractivity contribution in [1.82, 2.24) is 0 Å². The molecule has 0 unspecified atom stereocenters. The Morgan fingerprint density at radius 3 is 2.46 bits per heavy atom. The Kier molecular flexibility index (Phi) is 6.37. The third-order valence-electron chi connectivity index (χ3n) is 3.07. The number of ether oxygens (including phenoxy) is 2. The van der Waals surface area contributed by atoms with Crippen LogP contribution in [0.3, 0.4) is 0 Å². The molecule has 0 aromatic heterocycles. The highest BCUT2D eigenvalue weighted by atomic mass is 35.5. The SMILES string of the molecule is COc1ccc(Cl)cc1NC(=O)C=Cc1cc(Cl)cc(Cl)c1OC. The lowest BCUT2D eigenvalue weighted by Crippen LogP contribution is -2.09. The smallest absolute Gasteiger partial charge is 0.248 e. The van der Waals surface area contributed by atoms with E-state index >= 15 is 0 Å². The number of anilines is 1. The molecule has 0 aliphatic heterocycles. The number of hydrogen-bond acceptors (Lipinski definition) is 3. The number of hydrogen-bond donors (Lipinski definition) is 1. The van der Waals surface area contributed by atoms with E-state index < -0.39 is 0 Å². The first-order chi connectivity index (χ1) is 11.4. The number of carbonyl (C=O) groups is 1. The highest BCUT2D eigenvalue weighted by Crippen LogP contribution is 2.33. The zero-order chi connectivity index (χ0) is 17.7. The van der Waals surface area contributed by atoms with E-state index in [4.69, 9.17) is 44.3 Å². The van der Waals surface area contributed by atoms with Gasteiger partial charge in [-0.25, -0.2) is 0 Å². The van der Waals surface area contributed by atoms with Crippen LogP contribution < -0.4 is 14.8 Å². The molecule has 0 radical (unpaired) electrons. The normalized spacial score (nSPS) is 10.7. The molecule has 1 amide bonds. The number of rotatable bonds is 5. The van der Waals surface area contributed by atoms with Gasteiger partial charge in [0.2, 0.25) is 5.91 Å². The first kappa shape index (κ1) is 18.5. The van der Waals surface area contributed by atoms with E-state index in [0.29, 0.717) is 37.8 Å². The summed E-state index contributed by atoms with van der Waals surface area (Å²) in [5, 5.41) is 3.99. The van der Waals surface area contributed by atoms with Crippen LogP contribution in [0.15, 0.2) is 36.4 Å². The Bertz CT molecular complexity index is 791. The molecule has 126 valence electrons. The summed E-state index contributed by atoms with van der Waals surface area (Å²) >= 11 is 18.0. The number of nitrogens with one attached hydrogen (secondary N) is 1. The molecule has 7 heteroatoms. The lowest BCUT2D eigenvalue weighted by molar-refractivity contribution is -0.111. The summed E-state index contributed by atoms with van der Waals surface area (Å²) in [7, 11) is 3.00. The van der Waals surface area contributed by atoms with E-state index in [-0.39, 0.29) is 5.91 Å². The third kappa shape index (κ3) is 4.57. The molecule has 0 spiro atoms. The zero-order valence-corrected chi connectivity index (χ0v) is 15.2. The van der Waals surface area contributed by atoms with Crippen molar-refractivity contribution >= 4 is 52.5 Å². The molecule has 0 aliphatic carbocycles. The number of methoxy groups -OCH3 is 2. The molecule has 2 rings (SSSR count). The summed E-state index contributed by atoms with van der Waals surface area (Å²) in [6, 6.07) is 8.15. The van der Waals surface area contributed by atoms with Crippen LogP contribution in [0, 0.1) is 0 Å². The molecule has 0 saturated carbocycles. The highest BCUT2D eigenvalue weighted by molar-refractivity contribution is 6.36. The topological polar surface area (TPSA) is 47.6 Å². The molecule has 2 aromatic carbocycles. The average Bonchev–Trinajstić information content (AvgIpc) is 2.52. The molecule has 4 nitrogen and oxygen atoms in total. The summed E-state index contributed by atoms with van der Waals surface area (Å²) in [4.78, 5) is 12.1. The Morgan fingerprint density at radius 1 is 1.04 bits per heavy atom. The van der Waals surface area contributed by atoms with Crippen molar-refractivity contribution in [3.8, 4) is 11.5 Å². The fourth-order valence-corrected chi connectivity index (χ4v) is 2.80. The van der Waals surface area contributed by atoms with E-state index in [1.54, 1.807) is 36.4 Å². The van der Waals surface area contributed by atoms with E-state index in [9.17, 15) is 4.79 Å². The van der Waals surface area contributed by atoms with Crippen LogP contribution in [0.1, 0.15) is 5.56 Å². The molecule has 0 atom stereocenters. The van der Waals surface area contributed by atoms with Crippen LogP contribution in [0.4, 0.5) is 5.69 Å². The van der Waals surface area contributed by atoms with Crippen LogP contribution in [-0.4, -0.2) is 20.1 Å². The summed E-state index contributed by atoms with van der Waals surface area (Å²) in [6.07, 6.45) is 2.90. The van der Waals surface area contributed by atoms with Gasteiger partial charge in [0, 0.05) is 21.7 Å². The number of benzene rings is 2. The van der Waals surface area contributed by atoms with Gasteiger partial charge in [-0.15, -0.1) is 0 Å². The fraction of sp³-hybridized carbons (Fsp3) is 0.118. The lowest BCUT2D eigenvalue weighted by Gasteiger charge is -2.09. The minimum absolute atomic E-state index is 0.363. The summed E-state index contributed by atoms with van der Waals surface area (Å²) < 4.78 is 10.4. The predicted molar refractivity (Wildman–Crippen MR) is 98.7 cm³/mol. The number of halogens is 3. The number of amides is 1. The van der Waals surface area contributed by atoms with Gasteiger partial charge < -0.3 is 14.8 Å². The Balaban J connectivity index is 2.22. The van der Waals surface area contributed by atoms with Gasteiger partial charge >= 0.3 is 0 Å². The maximum absolute atomic E-state index is 12.1. The van der Waals surface area contributed by atoms with Crippen LogP contribution in [0.25, 0.3) is 6.08 Å². The molecule has 2 aromatic rings. The average molecular weight is 387 g/mol. The Morgan fingerprint density at radius 2 is 1.79 bits per heavy atom. The van der Waals surface area contributed by atoms with E-state index in [1.807, 2.05) is 0 Å². The second kappa shape index (κ2) is 8.29. The van der Waals surface area contributed by atoms with E-state index in [1.165, 1.54) is 20.3 Å². The summed E-state index contributed by atoms with van der Waals surface area (Å²) in [6.45, 7) is 0. The minimum Gasteiger partial charge on any atom is -0.495 e. The van der Waals surface area contributed by atoms with Gasteiger partial charge in [-0.1, -0.05) is 34.8 Å². The molecule has 24 heavy (non-hydrogen) atoms. The van der Waals surface area contributed by atoms with Crippen LogP contribution in [0.2, 0.25) is 15.1 Å². The Hall–Kier alpha value is -1.88. The zero-order valence-electron chi connectivity index (χ0n) is 12.9. The Labute approximate surface area is 154 Å². The van der Waals surface area contributed by atoms with Gasteiger partial charge in [0.1, 0.15) is 11.5 Å². The van der Waals surface area contributed by atoms with Crippen LogP contribution in [-0.2, 0) is 4.79 Å². The highest BCUT2D eigenvalue weighted by Gasteiger charge is 2.09. The van der Waals surface area contributed by atoms with Crippen molar-refractivity contribution in [3.63, 3.8) is 0 Å². The lowest BCUT2D eigenvalue weighted by atomic mass is 10.2. The first-order valence-electron chi connectivity index (χ1n) is 6.80. The molecule has 0 fully saturated rings. The van der Waals surface area contributed by atoms with Gasteiger partial charge in [-0.2, -0.15) is 0 Å². The second-order valence-corrected chi connectivity index (χ2v) is 5.96. The minimum atomic E-state index is -0.367. The van der Waals surface area contributed by atoms with Crippen LogP contribution in [0.5, 0.6) is 11.5 Å². The fourth-order valence-electron chi connectivity index (χ4n) is 2.04.